The van der Waals surface area contributed by atoms with Crippen molar-refractivity contribution in [1.29, 1.82) is 0 Å². The summed E-state index contributed by atoms with van der Waals surface area (Å²) in [4.78, 5) is 10.9. The second-order valence-corrected chi connectivity index (χ2v) is 5.43. The number of halogens is 1. The predicted molar refractivity (Wildman–Crippen MR) is 81.3 cm³/mol. The highest BCUT2D eigenvalue weighted by Gasteiger charge is 2.09. The maximum Gasteiger partial charge on any atom is 0.307 e. The number of benzene rings is 2. The van der Waals surface area contributed by atoms with E-state index in [-0.39, 0.29) is 6.42 Å². The Bertz CT molecular complexity index is 623. The molecule has 0 unspecified atom stereocenters. The minimum Gasteiger partial charge on any atom is -0.497 e. The Morgan fingerprint density at radius 3 is 2.65 bits per heavy atom. The minimum absolute atomic E-state index is 0.0212. The first-order valence-corrected chi connectivity index (χ1v) is 7.00. The third-order valence-corrected chi connectivity index (χ3v) is 3.53. The van der Waals surface area contributed by atoms with Crippen molar-refractivity contribution in [2.45, 2.75) is 12.8 Å². The zero-order valence-electron chi connectivity index (χ0n) is 11.1. The minimum atomic E-state index is -0.828. The number of carbonyl (C=O) groups is 1. The molecule has 0 saturated carbocycles. The molecular formula is C16H15BrO3. The lowest BCUT2D eigenvalue weighted by molar-refractivity contribution is -0.136. The van der Waals surface area contributed by atoms with Crippen molar-refractivity contribution in [2.24, 2.45) is 0 Å². The first-order chi connectivity index (χ1) is 9.58. The molecule has 0 fully saturated rings. The molecule has 4 heteroatoms. The first kappa shape index (κ1) is 14.6. The SMILES string of the molecule is COc1ccc(CC(=O)O)c(Cc2cccc(Br)c2)c1. The van der Waals surface area contributed by atoms with Crippen LogP contribution in [0.4, 0.5) is 0 Å². The Balaban J connectivity index is 2.34. The van der Waals surface area contributed by atoms with Crippen molar-refractivity contribution < 1.29 is 14.6 Å². The van der Waals surface area contributed by atoms with E-state index >= 15 is 0 Å². The molecule has 2 aromatic rings. The molecule has 0 aliphatic carbocycles. The van der Waals surface area contributed by atoms with Gasteiger partial charge >= 0.3 is 5.97 Å². The van der Waals surface area contributed by atoms with Crippen LogP contribution in [0, 0.1) is 0 Å². The topological polar surface area (TPSA) is 46.5 Å². The Morgan fingerprint density at radius 2 is 2.00 bits per heavy atom. The quantitative estimate of drug-likeness (QED) is 0.907. The summed E-state index contributed by atoms with van der Waals surface area (Å²) in [6.45, 7) is 0. The Labute approximate surface area is 126 Å². The van der Waals surface area contributed by atoms with Gasteiger partial charge in [0.2, 0.25) is 0 Å². The van der Waals surface area contributed by atoms with Crippen molar-refractivity contribution in [3.05, 3.63) is 63.6 Å². The molecule has 104 valence electrons. The highest BCUT2D eigenvalue weighted by molar-refractivity contribution is 9.10. The summed E-state index contributed by atoms with van der Waals surface area (Å²) in [6.07, 6.45) is 0.701. The van der Waals surface area contributed by atoms with E-state index in [4.69, 9.17) is 9.84 Å². The number of hydrogen-bond acceptors (Lipinski definition) is 2. The Morgan fingerprint density at radius 1 is 1.20 bits per heavy atom. The normalized spacial score (nSPS) is 10.3. The van der Waals surface area contributed by atoms with Gasteiger partial charge in [-0.1, -0.05) is 34.1 Å². The molecule has 0 amide bonds. The number of ether oxygens (including phenoxy) is 1. The fourth-order valence-electron chi connectivity index (χ4n) is 2.10. The van der Waals surface area contributed by atoms with Gasteiger partial charge < -0.3 is 9.84 Å². The van der Waals surface area contributed by atoms with Crippen LogP contribution in [0.25, 0.3) is 0 Å². The van der Waals surface area contributed by atoms with E-state index in [0.717, 1.165) is 26.9 Å². The van der Waals surface area contributed by atoms with Gasteiger partial charge in [0, 0.05) is 4.47 Å². The molecule has 0 bridgehead atoms. The van der Waals surface area contributed by atoms with Gasteiger partial charge in [-0.25, -0.2) is 0 Å². The van der Waals surface area contributed by atoms with Gasteiger partial charge in [0.05, 0.1) is 13.5 Å². The van der Waals surface area contributed by atoms with E-state index in [9.17, 15) is 4.79 Å². The summed E-state index contributed by atoms with van der Waals surface area (Å²) in [6, 6.07) is 13.5. The molecule has 0 spiro atoms. The lowest BCUT2D eigenvalue weighted by atomic mass is 9.97. The molecule has 0 heterocycles. The molecule has 0 aliphatic rings. The zero-order valence-corrected chi connectivity index (χ0v) is 12.7. The summed E-state index contributed by atoms with van der Waals surface area (Å²) in [5, 5.41) is 8.99. The third kappa shape index (κ3) is 3.84. The van der Waals surface area contributed by atoms with E-state index < -0.39 is 5.97 Å². The lowest BCUT2D eigenvalue weighted by Crippen LogP contribution is -2.04. The molecule has 3 nitrogen and oxygen atoms in total. The molecule has 0 aliphatic heterocycles. The fraction of sp³-hybridized carbons (Fsp3) is 0.188. The summed E-state index contributed by atoms with van der Waals surface area (Å²) in [5.74, 6) is -0.0882. The summed E-state index contributed by atoms with van der Waals surface area (Å²) < 4.78 is 6.23. The molecule has 2 aromatic carbocycles. The lowest BCUT2D eigenvalue weighted by Gasteiger charge is -2.10. The van der Waals surface area contributed by atoms with E-state index in [2.05, 4.69) is 15.9 Å². The molecule has 20 heavy (non-hydrogen) atoms. The van der Waals surface area contributed by atoms with Crippen LogP contribution < -0.4 is 4.74 Å². The van der Waals surface area contributed by atoms with Crippen LogP contribution >= 0.6 is 15.9 Å². The van der Waals surface area contributed by atoms with Crippen molar-refractivity contribution in [3.63, 3.8) is 0 Å². The maximum absolute atomic E-state index is 10.9. The summed E-state index contributed by atoms with van der Waals surface area (Å²) in [5.41, 5.74) is 2.92. The number of aliphatic carboxylic acids is 1. The van der Waals surface area contributed by atoms with E-state index in [1.807, 2.05) is 36.4 Å². The second kappa shape index (κ2) is 6.57. The second-order valence-electron chi connectivity index (χ2n) is 4.51. The molecule has 0 radical (unpaired) electrons. The molecular weight excluding hydrogens is 320 g/mol. The standard InChI is InChI=1S/C16H15BrO3/c1-20-15-6-5-12(10-16(18)19)13(9-15)7-11-3-2-4-14(17)8-11/h2-6,8-9H,7,10H2,1H3,(H,18,19). The van der Waals surface area contributed by atoms with Crippen LogP contribution in [0.5, 0.6) is 5.75 Å². The number of rotatable bonds is 5. The number of methoxy groups -OCH3 is 1. The van der Waals surface area contributed by atoms with Gasteiger partial charge in [-0.05, 0) is 47.4 Å². The fourth-order valence-corrected chi connectivity index (χ4v) is 2.54. The third-order valence-electron chi connectivity index (χ3n) is 3.04. The molecule has 0 aromatic heterocycles. The van der Waals surface area contributed by atoms with Gasteiger partial charge in [0.25, 0.3) is 0 Å². The number of hydrogen-bond donors (Lipinski definition) is 1. The molecule has 0 atom stereocenters. The zero-order chi connectivity index (χ0) is 14.5. The van der Waals surface area contributed by atoms with Gasteiger partial charge in [0.1, 0.15) is 5.75 Å². The average molecular weight is 335 g/mol. The summed E-state index contributed by atoms with van der Waals surface area (Å²) in [7, 11) is 1.61. The van der Waals surface area contributed by atoms with Gasteiger partial charge in [-0.2, -0.15) is 0 Å². The van der Waals surface area contributed by atoms with Crippen LogP contribution in [0.15, 0.2) is 46.9 Å². The Hall–Kier alpha value is -1.81. The highest BCUT2D eigenvalue weighted by atomic mass is 79.9. The number of carboxylic acid groups (broad SMARTS) is 1. The Kier molecular flexibility index (Phi) is 4.79. The summed E-state index contributed by atoms with van der Waals surface area (Å²) >= 11 is 3.44. The number of carboxylic acids is 1. The van der Waals surface area contributed by atoms with Crippen molar-refractivity contribution in [1.82, 2.24) is 0 Å². The molecule has 2 rings (SSSR count). The van der Waals surface area contributed by atoms with E-state index in [1.165, 1.54) is 0 Å². The van der Waals surface area contributed by atoms with Gasteiger partial charge in [-0.15, -0.1) is 0 Å². The highest BCUT2D eigenvalue weighted by Crippen LogP contribution is 2.22. The van der Waals surface area contributed by atoms with Crippen LogP contribution in [0.2, 0.25) is 0 Å². The van der Waals surface area contributed by atoms with Gasteiger partial charge in [-0.3, -0.25) is 4.79 Å². The average Bonchev–Trinajstić information content (AvgIpc) is 2.40. The van der Waals surface area contributed by atoms with E-state index in [0.29, 0.717) is 6.42 Å². The first-order valence-electron chi connectivity index (χ1n) is 6.20. The maximum atomic E-state index is 10.9. The van der Waals surface area contributed by atoms with Crippen LogP contribution in [-0.2, 0) is 17.6 Å². The predicted octanol–water partition coefficient (Wildman–Crippen LogP) is 3.68. The monoisotopic (exact) mass is 334 g/mol. The smallest absolute Gasteiger partial charge is 0.307 e. The van der Waals surface area contributed by atoms with Crippen molar-refractivity contribution in [3.8, 4) is 5.75 Å². The van der Waals surface area contributed by atoms with Crippen molar-refractivity contribution in [2.75, 3.05) is 7.11 Å². The van der Waals surface area contributed by atoms with E-state index in [1.54, 1.807) is 13.2 Å². The molecule has 1 N–H and O–H groups in total. The van der Waals surface area contributed by atoms with Crippen molar-refractivity contribution >= 4 is 21.9 Å². The largest absolute Gasteiger partial charge is 0.497 e. The van der Waals surface area contributed by atoms with Crippen LogP contribution in [0.3, 0.4) is 0 Å². The van der Waals surface area contributed by atoms with Crippen LogP contribution in [0.1, 0.15) is 16.7 Å². The molecule has 0 saturated heterocycles. The van der Waals surface area contributed by atoms with Gasteiger partial charge in [0.15, 0.2) is 0 Å². The van der Waals surface area contributed by atoms with Crippen LogP contribution in [-0.4, -0.2) is 18.2 Å².